The molecule has 344 valence electrons. The van der Waals surface area contributed by atoms with Gasteiger partial charge in [0.1, 0.15) is 29.9 Å². The van der Waals surface area contributed by atoms with Crippen molar-refractivity contribution >= 4 is 34.2 Å². The molecule has 4 aliphatic rings. The summed E-state index contributed by atoms with van der Waals surface area (Å²) in [6.07, 6.45) is 13.0. The zero-order chi connectivity index (χ0) is 45.5. The summed E-state index contributed by atoms with van der Waals surface area (Å²) in [5.74, 6) is 0.382. The van der Waals surface area contributed by atoms with Gasteiger partial charge in [-0.05, 0) is 127 Å². The lowest BCUT2D eigenvalue weighted by Gasteiger charge is -2.60. The quantitative estimate of drug-likeness (QED) is 0.0324. The molecule has 1 aliphatic heterocycles. The molecule has 3 aliphatic carbocycles. The van der Waals surface area contributed by atoms with E-state index >= 15 is 4.79 Å². The Morgan fingerprint density at radius 1 is 0.894 bits per heavy atom. The summed E-state index contributed by atoms with van der Waals surface area (Å²) < 4.78 is 21.5. The summed E-state index contributed by atoms with van der Waals surface area (Å²) in [5.41, 5.74) is 4.86. The minimum atomic E-state index is -1.35. The van der Waals surface area contributed by atoms with Crippen molar-refractivity contribution in [2.24, 2.45) is 28.8 Å². The predicted molar refractivity (Wildman–Crippen MR) is 262 cm³/mol. The number of nitrogens with zero attached hydrogens (tertiary/aromatic N) is 2. The molecule has 9 nitrogen and oxygen atoms in total. The van der Waals surface area contributed by atoms with E-state index in [1.165, 1.54) is 0 Å². The van der Waals surface area contributed by atoms with Crippen molar-refractivity contribution < 1.29 is 34.1 Å². The van der Waals surface area contributed by atoms with Gasteiger partial charge in [0.15, 0.2) is 0 Å². The molecule has 9 rings (SSSR count). The van der Waals surface area contributed by atoms with Crippen LogP contribution in [0.15, 0.2) is 150 Å². The number of ether oxygens (including phenoxy) is 3. The molecule has 6 atom stereocenters. The van der Waals surface area contributed by atoms with Gasteiger partial charge in [0.05, 0.1) is 18.2 Å². The maximum Gasteiger partial charge on any atom is 0.239 e. The van der Waals surface area contributed by atoms with Gasteiger partial charge in [-0.3, -0.25) is 4.79 Å². The van der Waals surface area contributed by atoms with Crippen LogP contribution in [0, 0.1) is 23.7 Å². The van der Waals surface area contributed by atoms with Crippen LogP contribution < -0.4 is 9.47 Å². The van der Waals surface area contributed by atoms with Crippen LogP contribution in [-0.4, -0.2) is 64.6 Å². The summed E-state index contributed by atoms with van der Waals surface area (Å²) in [6.45, 7) is 5.21. The highest BCUT2D eigenvalue weighted by molar-refractivity contribution is 7.98. The Balaban J connectivity index is 1.24. The largest absolute Gasteiger partial charge is 0.459 e. The van der Waals surface area contributed by atoms with E-state index < -0.39 is 17.7 Å². The molecule has 0 bridgehead atoms. The van der Waals surface area contributed by atoms with E-state index in [1.54, 1.807) is 17.8 Å². The molecular weight excluding hydrogens is 845 g/mol. The van der Waals surface area contributed by atoms with E-state index in [1.807, 2.05) is 60.7 Å². The molecule has 6 unspecified atom stereocenters. The van der Waals surface area contributed by atoms with Crippen molar-refractivity contribution in [1.29, 1.82) is 0 Å². The molecule has 5 aromatic carbocycles. The fourth-order valence-corrected chi connectivity index (χ4v) is 11.2. The van der Waals surface area contributed by atoms with Gasteiger partial charge in [0.25, 0.3) is 0 Å². The summed E-state index contributed by atoms with van der Waals surface area (Å²) in [7, 11) is 0. The van der Waals surface area contributed by atoms with Gasteiger partial charge in [0.2, 0.25) is 11.7 Å². The van der Waals surface area contributed by atoms with Crippen LogP contribution in [0.2, 0.25) is 0 Å². The summed E-state index contributed by atoms with van der Waals surface area (Å²) in [6, 6.07) is 38.4. The monoisotopic (exact) mass is 906 g/mol. The maximum absolute atomic E-state index is 15.2. The van der Waals surface area contributed by atoms with Gasteiger partial charge >= 0.3 is 0 Å². The highest BCUT2D eigenvalue weighted by Crippen LogP contribution is 2.62. The number of aliphatic hydroxyl groups is 2. The average Bonchev–Trinajstić information content (AvgIpc) is 4.21. The average molecular weight is 907 g/mol. The molecule has 0 saturated heterocycles. The third-order valence-corrected chi connectivity index (χ3v) is 14.7. The first-order valence-electron chi connectivity index (χ1n) is 23.8. The zero-order valence-corrected chi connectivity index (χ0v) is 38.7. The van der Waals surface area contributed by atoms with E-state index in [-0.39, 0.29) is 56.0 Å². The standard InChI is InChI=1S/C56H62N2O7S/c1-3-32-62-56-52(58(55(61)40-22-23-40)36-42-19-13-18-39-16-7-8-20-46(39)42)35-50(57-63-37-38-14-5-4-6-15-38)48-33-41(17-9-11-30-59)47(21-10-12-31-60)53(54(48)56)49-34-44(26-29-51(49)65-56)64-43-24-27-45(66-2)28-25-43/h3-8,13-16,18-20,24-29,33-34,40-41,47,52-54,59-60H,1,9-12,17,21-23,30-32,35-37H2,2H3. The van der Waals surface area contributed by atoms with Crippen molar-refractivity contribution in [3.05, 3.63) is 156 Å². The molecule has 2 fully saturated rings. The molecule has 1 amide bonds. The molecule has 2 N–H and O–H groups in total. The number of fused-ring (bicyclic) bond motifs is 3. The lowest BCUT2D eigenvalue weighted by Crippen LogP contribution is -2.70. The summed E-state index contributed by atoms with van der Waals surface area (Å²) in [5, 5.41) is 27.4. The van der Waals surface area contributed by atoms with Crippen molar-refractivity contribution in [2.45, 2.75) is 93.6 Å². The maximum atomic E-state index is 15.2. The van der Waals surface area contributed by atoms with Crippen LogP contribution in [0.25, 0.3) is 10.8 Å². The zero-order valence-electron chi connectivity index (χ0n) is 37.9. The minimum absolute atomic E-state index is 0.0883. The number of carbonyl (C=O) groups excluding carboxylic acids is 1. The number of amides is 1. The Morgan fingerprint density at radius 3 is 2.39 bits per heavy atom. The highest BCUT2D eigenvalue weighted by atomic mass is 32.2. The number of aliphatic hydroxyl groups excluding tert-OH is 2. The van der Waals surface area contributed by atoms with Crippen molar-refractivity contribution in [1.82, 2.24) is 4.90 Å². The number of hydrogen-bond acceptors (Lipinski definition) is 9. The minimum Gasteiger partial charge on any atom is -0.459 e. The first kappa shape index (κ1) is 45.8. The highest BCUT2D eigenvalue weighted by Gasteiger charge is 2.66. The number of oxime groups is 1. The van der Waals surface area contributed by atoms with E-state index in [9.17, 15) is 10.2 Å². The fourth-order valence-electron chi connectivity index (χ4n) is 10.8. The molecule has 0 radical (unpaired) electrons. The number of benzene rings is 5. The number of thioether (sulfide) groups is 1. The van der Waals surface area contributed by atoms with E-state index in [4.69, 9.17) is 24.2 Å². The molecule has 0 aromatic heterocycles. The Morgan fingerprint density at radius 2 is 1.64 bits per heavy atom. The first-order valence-corrected chi connectivity index (χ1v) is 25.0. The Kier molecular flexibility index (Phi) is 14.6. The van der Waals surface area contributed by atoms with Crippen molar-refractivity contribution in [2.75, 3.05) is 26.1 Å². The Labute approximate surface area is 393 Å². The molecule has 66 heavy (non-hydrogen) atoms. The SMILES string of the molecule is C=CCOC12Oc3ccc(Oc4ccc(SC)cc4)cc3C3C(CCCCO)C(CCCCO)C=C(C(=NOCc4ccccc4)CC1N(Cc1cccc4ccccc14)C(=O)C1CC1)C32. The van der Waals surface area contributed by atoms with E-state index in [2.05, 4.69) is 78.4 Å². The number of carbonyl (C=O) groups is 1. The Hall–Kier alpha value is -5.39. The fraction of sp³-hybridized carbons (Fsp3) is 0.393. The summed E-state index contributed by atoms with van der Waals surface area (Å²) in [4.78, 5) is 24.7. The summed E-state index contributed by atoms with van der Waals surface area (Å²) >= 11 is 1.69. The number of allylic oxidation sites excluding steroid dienone is 1. The van der Waals surface area contributed by atoms with Gasteiger partial charge < -0.3 is 34.2 Å². The van der Waals surface area contributed by atoms with Gasteiger partial charge in [-0.15, -0.1) is 18.3 Å². The number of unbranched alkanes of at least 4 members (excludes halogenated alkanes) is 2. The molecule has 0 spiro atoms. The van der Waals surface area contributed by atoms with Crippen LogP contribution in [0.3, 0.4) is 0 Å². The van der Waals surface area contributed by atoms with Crippen LogP contribution >= 0.6 is 11.8 Å². The van der Waals surface area contributed by atoms with Crippen LogP contribution in [-0.2, 0) is 27.5 Å². The molecule has 2 saturated carbocycles. The van der Waals surface area contributed by atoms with E-state index in [0.717, 1.165) is 87.9 Å². The van der Waals surface area contributed by atoms with Crippen LogP contribution in [0.4, 0.5) is 0 Å². The predicted octanol–water partition coefficient (Wildman–Crippen LogP) is 11.6. The number of hydrogen-bond donors (Lipinski definition) is 2. The third-order valence-electron chi connectivity index (χ3n) is 14.0. The van der Waals surface area contributed by atoms with E-state index in [0.29, 0.717) is 37.3 Å². The molecule has 5 aromatic rings. The lowest BCUT2D eigenvalue weighted by atomic mass is 9.55. The molecular formula is C56H62N2O7S. The van der Waals surface area contributed by atoms with Gasteiger partial charge in [-0.25, -0.2) is 0 Å². The van der Waals surface area contributed by atoms with Gasteiger partial charge in [-0.1, -0.05) is 103 Å². The normalized spacial score (nSPS) is 23.6. The van der Waals surface area contributed by atoms with Gasteiger partial charge in [-0.2, -0.15) is 0 Å². The molecule has 10 heteroatoms. The second kappa shape index (κ2) is 21.1. The van der Waals surface area contributed by atoms with Gasteiger partial charge in [0, 0.05) is 48.5 Å². The third kappa shape index (κ3) is 9.70. The second-order valence-corrected chi connectivity index (χ2v) is 19.1. The smallest absolute Gasteiger partial charge is 0.239 e. The number of rotatable bonds is 21. The Bertz CT molecular complexity index is 2520. The van der Waals surface area contributed by atoms with Crippen molar-refractivity contribution in [3.8, 4) is 17.2 Å². The topological polar surface area (TPSA) is 110 Å². The lowest BCUT2D eigenvalue weighted by molar-refractivity contribution is -0.258. The molecule has 1 heterocycles. The second-order valence-electron chi connectivity index (χ2n) is 18.2. The van der Waals surface area contributed by atoms with Crippen LogP contribution in [0.5, 0.6) is 17.2 Å². The van der Waals surface area contributed by atoms with Crippen LogP contribution in [0.1, 0.15) is 80.4 Å². The van der Waals surface area contributed by atoms with Crippen molar-refractivity contribution in [3.63, 3.8) is 0 Å². The first-order chi connectivity index (χ1) is 32.4.